The molecule has 134 valence electrons. The molecule has 8 heteroatoms. The Morgan fingerprint density at radius 2 is 2.04 bits per heavy atom. The molecule has 23 heavy (non-hydrogen) atoms. The van der Waals surface area contributed by atoms with Crippen LogP contribution in [0.15, 0.2) is 4.99 Å². The molecule has 3 fully saturated rings. The molecule has 1 spiro atoms. The Morgan fingerprint density at radius 3 is 2.57 bits per heavy atom. The van der Waals surface area contributed by atoms with E-state index in [9.17, 15) is 8.42 Å². The number of hydrogen-bond donors (Lipinski definition) is 1. The molecule has 0 aromatic rings. The fourth-order valence-electron chi connectivity index (χ4n) is 3.79. The van der Waals surface area contributed by atoms with E-state index in [1.54, 1.807) is 7.05 Å². The molecule has 1 N–H and O–H groups in total. The quantitative estimate of drug-likeness (QED) is 0.389. The number of halogens is 1. The van der Waals surface area contributed by atoms with Crippen molar-refractivity contribution in [3.63, 3.8) is 0 Å². The van der Waals surface area contributed by atoms with Crippen LogP contribution in [0.25, 0.3) is 0 Å². The molecule has 3 rings (SSSR count). The lowest BCUT2D eigenvalue weighted by molar-refractivity contribution is 0.156. The van der Waals surface area contributed by atoms with E-state index in [2.05, 4.69) is 15.2 Å². The SMILES string of the molecule is CN=C(NCC1(CS(C)(=O)=O)CC1)N1CCC2(CCOC2)C1.I. The minimum absolute atomic E-state index is 0. The Balaban J connectivity index is 0.00000192. The van der Waals surface area contributed by atoms with Crippen LogP contribution in [0.4, 0.5) is 0 Å². The number of aliphatic imine (C=N–C) groups is 1. The summed E-state index contributed by atoms with van der Waals surface area (Å²) >= 11 is 0. The van der Waals surface area contributed by atoms with Gasteiger partial charge in [-0.05, 0) is 25.7 Å². The number of likely N-dealkylation sites (tertiary alicyclic amines) is 1. The summed E-state index contributed by atoms with van der Waals surface area (Å²) in [5, 5.41) is 3.41. The zero-order valence-corrected chi connectivity index (χ0v) is 17.2. The van der Waals surface area contributed by atoms with Gasteiger partial charge in [-0.3, -0.25) is 4.99 Å². The Morgan fingerprint density at radius 1 is 1.30 bits per heavy atom. The van der Waals surface area contributed by atoms with E-state index in [1.807, 2.05) is 0 Å². The third-order valence-corrected chi connectivity index (χ3v) is 6.42. The van der Waals surface area contributed by atoms with Crippen molar-refractivity contribution in [1.29, 1.82) is 0 Å². The molecule has 2 aliphatic heterocycles. The smallest absolute Gasteiger partial charge is 0.193 e. The molecule has 0 aromatic heterocycles. The molecular formula is C15H28IN3O3S. The first-order chi connectivity index (χ1) is 10.4. The highest BCUT2D eigenvalue weighted by atomic mass is 127. The van der Waals surface area contributed by atoms with Crippen LogP contribution >= 0.6 is 24.0 Å². The van der Waals surface area contributed by atoms with Gasteiger partial charge in [0, 0.05) is 50.4 Å². The standard InChI is InChI=1S/C15H27N3O3S.HI/c1-16-13(17-9-14(3-4-14)12-22(2,19)20)18-7-5-15(10-18)6-8-21-11-15;/h3-12H2,1-2H3,(H,16,17);1H. The van der Waals surface area contributed by atoms with Crippen molar-refractivity contribution in [3.8, 4) is 0 Å². The molecule has 0 amide bonds. The fourth-order valence-corrected chi connectivity index (χ4v) is 5.29. The van der Waals surface area contributed by atoms with Gasteiger partial charge < -0.3 is 15.0 Å². The molecular weight excluding hydrogens is 429 g/mol. The zero-order valence-electron chi connectivity index (χ0n) is 14.0. The Labute approximate surface area is 156 Å². The Bertz CT molecular complexity index is 554. The number of nitrogens with zero attached hydrogens (tertiary/aromatic N) is 2. The maximum absolute atomic E-state index is 11.5. The van der Waals surface area contributed by atoms with Gasteiger partial charge in [-0.15, -0.1) is 24.0 Å². The minimum atomic E-state index is -2.92. The first-order valence-electron chi connectivity index (χ1n) is 8.07. The Kier molecular flexibility index (Phi) is 5.88. The van der Waals surface area contributed by atoms with Gasteiger partial charge in [-0.1, -0.05) is 0 Å². The highest BCUT2D eigenvalue weighted by Crippen LogP contribution is 2.46. The van der Waals surface area contributed by atoms with E-state index in [4.69, 9.17) is 4.74 Å². The van der Waals surface area contributed by atoms with Crippen molar-refractivity contribution in [3.05, 3.63) is 0 Å². The van der Waals surface area contributed by atoms with Gasteiger partial charge in [0.15, 0.2) is 5.96 Å². The first kappa shape index (κ1) is 19.2. The number of guanidine groups is 1. The number of ether oxygens (including phenoxy) is 1. The second-order valence-corrected chi connectivity index (χ2v) is 9.59. The third kappa shape index (κ3) is 4.72. The zero-order chi connectivity index (χ0) is 15.8. The molecule has 0 aromatic carbocycles. The summed E-state index contributed by atoms with van der Waals surface area (Å²) in [7, 11) is -1.12. The molecule has 3 aliphatic rings. The van der Waals surface area contributed by atoms with E-state index in [1.165, 1.54) is 6.26 Å². The highest BCUT2D eigenvalue weighted by Gasteiger charge is 2.46. The molecule has 6 nitrogen and oxygen atoms in total. The van der Waals surface area contributed by atoms with Crippen molar-refractivity contribution in [2.24, 2.45) is 15.8 Å². The molecule has 2 saturated heterocycles. The van der Waals surface area contributed by atoms with Gasteiger partial charge in [0.25, 0.3) is 0 Å². The van der Waals surface area contributed by atoms with Crippen LogP contribution in [0.5, 0.6) is 0 Å². The second-order valence-electron chi connectivity index (χ2n) is 7.44. The highest BCUT2D eigenvalue weighted by molar-refractivity contribution is 14.0. The number of nitrogens with one attached hydrogen (secondary N) is 1. The summed E-state index contributed by atoms with van der Waals surface area (Å²) in [4.78, 5) is 6.69. The fraction of sp³-hybridized carbons (Fsp3) is 0.933. The van der Waals surface area contributed by atoms with Crippen LogP contribution in [-0.2, 0) is 14.6 Å². The topological polar surface area (TPSA) is 71.0 Å². The molecule has 0 radical (unpaired) electrons. The lowest BCUT2D eigenvalue weighted by Crippen LogP contribution is -2.44. The molecule has 1 atom stereocenters. The molecule has 2 heterocycles. The van der Waals surface area contributed by atoms with Crippen molar-refractivity contribution < 1.29 is 13.2 Å². The van der Waals surface area contributed by atoms with Gasteiger partial charge in [-0.25, -0.2) is 8.42 Å². The van der Waals surface area contributed by atoms with Crippen molar-refractivity contribution in [2.45, 2.75) is 25.7 Å². The van der Waals surface area contributed by atoms with Crippen LogP contribution in [0.3, 0.4) is 0 Å². The van der Waals surface area contributed by atoms with Crippen molar-refractivity contribution in [1.82, 2.24) is 10.2 Å². The number of hydrogen-bond acceptors (Lipinski definition) is 4. The largest absolute Gasteiger partial charge is 0.381 e. The van der Waals surface area contributed by atoms with Crippen LogP contribution in [-0.4, -0.2) is 71.2 Å². The third-order valence-electron chi connectivity index (χ3n) is 5.28. The average molecular weight is 457 g/mol. The monoisotopic (exact) mass is 457 g/mol. The van der Waals surface area contributed by atoms with E-state index < -0.39 is 9.84 Å². The average Bonchev–Trinajstić information content (AvgIpc) is 2.88. The first-order valence-corrected chi connectivity index (χ1v) is 10.1. The predicted molar refractivity (Wildman–Crippen MR) is 102 cm³/mol. The molecule has 1 aliphatic carbocycles. The summed E-state index contributed by atoms with van der Waals surface area (Å²) < 4.78 is 28.7. The van der Waals surface area contributed by atoms with Crippen LogP contribution in [0, 0.1) is 10.8 Å². The van der Waals surface area contributed by atoms with E-state index >= 15 is 0 Å². The minimum Gasteiger partial charge on any atom is -0.381 e. The summed E-state index contributed by atoms with van der Waals surface area (Å²) in [5.41, 5.74) is 0.235. The van der Waals surface area contributed by atoms with Gasteiger partial charge in [0.1, 0.15) is 9.84 Å². The predicted octanol–water partition coefficient (Wildman–Crippen LogP) is 1.12. The van der Waals surface area contributed by atoms with E-state index in [0.29, 0.717) is 12.0 Å². The molecule has 0 bridgehead atoms. The van der Waals surface area contributed by atoms with Gasteiger partial charge >= 0.3 is 0 Å². The lowest BCUT2D eigenvalue weighted by Gasteiger charge is -2.26. The number of sulfone groups is 1. The molecule has 1 saturated carbocycles. The second kappa shape index (κ2) is 7.03. The lowest BCUT2D eigenvalue weighted by atomic mass is 9.87. The molecule has 1 unspecified atom stereocenters. The summed E-state index contributed by atoms with van der Waals surface area (Å²) in [6.45, 7) is 4.43. The van der Waals surface area contributed by atoms with Gasteiger partial charge in [0.2, 0.25) is 0 Å². The summed E-state index contributed by atoms with van der Waals surface area (Å²) in [6, 6.07) is 0. The maximum Gasteiger partial charge on any atom is 0.193 e. The summed E-state index contributed by atoms with van der Waals surface area (Å²) in [6.07, 6.45) is 5.59. The number of rotatable bonds is 4. The Hall–Kier alpha value is -0.0900. The van der Waals surface area contributed by atoms with Crippen LogP contribution in [0.1, 0.15) is 25.7 Å². The summed E-state index contributed by atoms with van der Waals surface area (Å²) in [5.74, 6) is 1.19. The maximum atomic E-state index is 11.5. The van der Waals surface area contributed by atoms with E-state index in [0.717, 1.165) is 57.9 Å². The normalized spacial score (nSPS) is 29.7. The van der Waals surface area contributed by atoms with Gasteiger partial charge in [0.05, 0.1) is 12.4 Å². The van der Waals surface area contributed by atoms with E-state index in [-0.39, 0.29) is 35.1 Å². The van der Waals surface area contributed by atoms with Crippen LogP contribution in [0.2, 0.25) is 0 Å². The van der Waals surface area contributed by atoms with Crippen molar-refractivity contribution in [2.75, 3.05) is 51.9 Å². The van der Waals surface area contributed by atoms with Crippen LogP contribution < -0.4 is 5.32 Å². The van der Waals surface area contributed by atoms with Gasteiger partial charge in [-0.2, -0.15) is 0 Å². The van der Waals surface area contributed by atoms with Crippen molar-refractivity contribution >= 4 is 39.8 Å².